The number of halogens is 1. The Labute approximate surface area is 85.7 Å². The zero-order valence-corrected chi connectivity index (χ0v) is 8.97. The number of benzene rings is 1. The molecule has 0 bridgehead atoms. The molecule has 1 aliphatic heterocycles. The van der Waals surface area contributed by atoms with E-state index in [-0.39, 0.29) is 5.91 Å². The lowest BCUT2D eigenvalue weighted by Gasteiger charge is -2.30. The predicted octanol–water partition coefficient (Wildman–Crippen LogP) is 2.49. The van der Waals surface area contributed by atoms with Crippen molar-refractivity contribution in [2.24, 2.45) is 0 Å². The third-order valence-electron chi connectivity index (χ3n) is 2.30. The van der Waals surface area contributed by atoms with E-state index in [1.165, 1.54) is 0 Å². The predicted molar refractivity (Wildman–Crippen MR) is 55.8 cm³/mol. The van der Waals surface area contributed by atoms with Crippen LogP contribution in [0, 0.1) is 6.92 Å². The van der Waals surface area contributed by atoms with Gasteiger partial charge in [0.1, 0.15) is 0 Å². The topological polar surface area (TPSA) is 20.3 Å². The average molecular weight is 240 g/mol. The molecule has 0 saturated carbocycles. The molecular weight excluding hydrogens is 230 g/mol. The number of aryl methyl sites for hydroxylation is 1. The van der Waals surface area contributed by atoms with Crippen LogP contribution in [-0.4, -0.2) is 12.5 Å². The summed E-state index contributed by atoms with van der Waals surface area (Å²) in [4.78, 5) is 12.9. The highest BCUT2D eigenvalue weighted by molar-refractivity contribution is 9.10. The number of amides is 1. The zero-order chi connectivity index (χ0) is 9.42. The van der Waals surface area contributed by atoms with Gasteiger partial charge in [0, 0.05) is 23.1 Å². The first-order valence-corrected chi connectivity index (χ1v) is 5.04. The molecule has 2 rings (SSSR count). The summed E-state index contributed by atoms with van der Waals surface area (Å²) in [6.45, 7) is 2.89. The number of nitrogens with zero attached hydrogens (tertiary/aromatic N) is 1. The molecule has 3 heteroatoms. The molecule has 1 saturated heterocycles. The van der Waals surface area contributed by atoms with Crippen molar-refractivity contribution in [1.29, 1.82) is 0 Å². The Morgan fingerprint density at radius 2 is 2.23 bits per heavy atom. The molecular formula is C10H10BrNO. The number of carbonyl (C=O) groups is 1. The summed E-state index contributed by atoms with van der Waals surface area (Å²) < 4.78 is 1.09. The van der Waals surface area contributed by atoms with E-state index < -0.39 is 0 Å². The van der Waals surface area contributed by atoms with Gasteiger partial charge in [-0.15, -0.1) is 0 Å². The standard InChI is InChI=1S/C10H10BrNO/c1-7-6-8(2-3-9(7)11)12-5-4-10(12)13/h2-3,6H,4-5H2,1H3. The minimum atomic E-state index is 0.224. The summed E-state index contributed by atoms with van der Waals surface area (Å²) in [7, 11) is 0. The normalized spacial score (nSPS) is 15.8. The monoisotopic (exact) mass is 239 g/mol. The van der Waals surface area contributed by atoms with Crippen molar-refractivity contribution in [3.05, 3.63) is 28.2 Å². The first kappa shape index (κ1) is 8.75. The molecule has 0 unspecified atom stereocenters. The minimum Gasteiger partial charge on any atom is -0.312 e. The second kappa shape index (κ2) is 3.14. The van der Waals surface area contributed by atoms with Gasteiger partial charge in [-0.25, -0.2) is 0 Å². The van der Waals surface area contributed by atoms with Gasteiger partial charge in [-0.05, 0) is 30.7 Å². The number of hydrogen-bond acceptors (Lipinski definition) is 1. The van der Waals surface area contributed by atoms with Crippen molar-refractivity contribution in [1.82, 2.24) is 0 Å². The first-order chi connectivity index (χ1) is 6.18. The molecule has 1 heterocycles. The molecule has 0 N–H and O–H groups in total. The van der Waals surface area contributed by atoms with Gasteiger partial charge in [-0.1, -0.05) is 15.9 Å². The third-order valence-corrected chi connectivity index (χ3v) is 3.19. The molecule has 13 heavy (non-hydrogen) atoms. The summed E-state index contributed by atoms with van der Waals surface area (Å²) in [5, 5.41) is 0. The first-order valence-electron chi connectivity index (χ1n) is 4.25. The third kappa shape index (κ3) is 1.48. The molecule has 0 spiro atoms. The van der Waals surface area contributed by atoms with E-state index >= 15 is 0 Å². The van der Waals surface area contributed by atoms with Crippen molar-refractivity contribution in [2.75, 3.05) is 11.4 Å². The maximum Gasteiger partial charge on any atom is 0.228 e. The summed E-state index contributed by atoms with van der Waals surface area (Å²) >= 11 is 3.43. The Bertz CT molecular complexity index is 362. The van der Waals surface area contributed by atoms with Crippen LogP contribution in [0.5, 0.6) is 0 Å². The number of rotatable bonds is 1. The van der Waals surface area contributed by atoms with Crippen LogP contribution in [0.2, 0.25) is 0 Å². The molecule has 68 valence electrons. The van der Waals surface area contributed by atoms with E-state index in [1.54, 1.807) is 4.90 Å². The lowest BCUT2D eigenvalue weighted by Crippen LogP contribution is -2.43. The maximum absolute atomic E-state index is 11.1. The van der Waals surface area contributed by atoms with E-state index in [2.05, 4.69) is 15.9 Å². The van der Waals surface area contributed by atoms with Crippen LogP contribution in [0.3, 0.4) is 0 Å². The fourth-order valence-corrected chi connectivity index (χ4v) is 1.63. The molecule has 1 amide bonds. The van der Waals surface area contributed by atoms with Gasteiger partial charge in [0.15, 0.2) is 0 Å². The fourth-order valence-electron chi connectivity index (χ4n) is 1.38. The van der Waals surface area contributed by atoms with E-state index in [0.717, 1.165) is 22.3 Å². The Balaban J connectivity index is 2.31. The molecule has 0 aromatic heterocycles. The van der Waals surface area contributed by atoms with Gasteiger partial charge in [0.05, 0.1) is 0 Å². The summed E-state index contributed by atoms with van der Waals surface area (Å²) in [6.07, 6.45) is 0.690. The highest BCUT2D eigenvalue weighted by Gasteiger charge is 2.24. The maximum atomic E-state index is 11.1. The smallest absolute Gasteiger partial charge is 0.228 e. The van der Waals surface area contributed by atoms with Gasteiger partial charge >= 0.3 is 0 Å². The van der Waals surface area contributed by atoms with Crippen LogP contribution < -0.4 is 4.90 Å². The quantitative estimate of drug-likeness (QED) is 0.690. The second-order valence-electron chi connectivity index (χ2n) is 3.23. The van der Waals surface area contributed by atoms with Crippen molar-refractivity contribution >= 4 is 27.5 Å². The SMILES string of the molecule is Cc1cc(N2CCC2=O)ccc1Br. The Kier molecular flexibility index (Phi) is 2.12. The molecule has 2 nitrogen and oxygen atoms in total. The Morgan fingerprint density at radius 3 is 2.69 bits per heavy atom. The second-order valence-corrected chi connectivity index (χ2v) is 4.08. The Hall–Kier alpha value is -0.830. The van der Waals surface area contributed by atoms with E-state index in [9.17, 15) is 4.79 Å². The van der Waals surface area contributed by atoms with Gasteiger partial charge in [-0.2, -0.15) is 0 Å². The largest absolute Gasteiger partial charge is 0.312 e. The summed E-state index contributed by atoms with van der Waals surface area (Å²) in [5.74, 6) is 0.224. The molecule has 0 aliphatic carbocycles. The van der Waals surface area contributed by atoms with Gasteiger partial charge in [-0.3, -0.25) is 4.79 Å². The number of hydrogen-bond donors (Lipinski definition) is 0. The lowest BCUT2D eigenvalue weighted by atomic mass is 10.1. The van der Waals surface area contributed by atoms with Gasteiger partial charge in [0.2, 0.25) is 5.91 Å². The zero-order valence-electron chi connectivity index (χ0n) is 7.38. The highest BCUT2D eigenvalue weighted by atomic mass is 79.9. The highest BCUT2D eigenvalue weighted by Crippen LogP contribution is 2.26. The van der Waals surface area contributed by atoms with Crippen LogP contribution in [0.15, 0.2) is 22.7 Å². The van der Waals surface area contributed by atoms with Gasteiger partial charge in [0.25, 0.3) is 0 Å². The van der Waals surface area contributed by atoms with Crippen LogP contribution in [0.25, 0.3) is 0 Å². The molecule has 0 atom stereocenters. The lowest BCUT2D eigenvalue weighted by molar-refractivity contribution is -0.122. The van der Waals surface area contributed by atoms with Crippen LogP contribution in [0.4, 0.5) is 5.69 Å². The van der Waals surface area contributed by atoms with Crippen LogP contribution in [-0.2, 0) is 4.79 Å². The Morgan fingerprint density at radius 1 is 1.46 bits per heavy atom. The molecule has 1 aromatic carbocycles. The molecule has 1 aliphatic rings. The molecule has 0 radical (unpaired) electrons. The minimum absolute atomic E-state index is 0.224. The van der Waals surface area contributed by atoms with Crippen molar-refractivity contribution in [2.45, 2.75) is 13.3 Å². The fraction of sp³-hybridized carbons (Fsp3) is 0.300. The van der Waals surface area contributed by atoms with Gasteiger partial charge < -0.3 is 4.90 Å². The van der Waals surface area contributed by atoms with Crippen molar-refractivity contribution in [3.63, 3.8) is 0 Å². The van der Waals surface area contributed by atoms with Crippen LogP contribution in [0.1, 0.15) is 12.0 Å². The van der Waals surface area contributed by atoms with Crippen molar-refractivity contribution in [3.8, 4) is 0 Å². The van der Waals surface area contributed by atoms with E-state index in [0.29, 0.717) is 6.42 Å². The van der Waals surface area contributed by atoms with E-state index in [4.69, 9.17) is 0 Å². The average Bonchev–Trinajstić information content (AvgIpc) is 2.09. The van der Waals surface area contributed by atoms with E-state index in [1.807, 2.05) is 25.1 Å². The summed E-state index contributed by atoms with van der Waals surface area (Å²) in [6, 6.07) is 5.98. The van der Waals surface area contributed by atoms with Crippen molar-refractivity contribution < 1.29 is 4.79 Å². The number of anilines is 1. The number of β-lactam (4-membered cyclic amide) rings is 1. The number of carbonyl (C=O) groups excluding carboxylic acids is 1. The molecule has 1 fully saturated rings. The van der Waals surface area contributed by atoms with Crippen LogP contribution >= 0.6 is 15.9 Å². The summed E-state index contributed by atoms with van der Waals surface area (Å²) in [5.41, 5.74) is 2.18. The molecule has 1 aromatic rings.